The minimum absolute atomic E-state index is 0.000553. The van der Waals surface area contributed by atoms with Crippen molar-refractivity contribution in [2.24, 2.45) is 0 Å². The first-order valence-electron chi connectivity index (χ1n) is 9.89. The number of sulfonamides is 1. The molecule has 2 heterocycles. The first kappa shape index (κ1) is 21.0. The summed E-state index contributed by atoms with van der Waals surface area (Å²) in [5, 5.41) is 14.3. The van der Waals surface area contributed by atoms with Crippen LogP contribution in [0.3, 0.4) is 0 Å². The van der Waals surface area contributed by atoms with E-state index in [-0.39, 0.29) is 10.6 Å². The lowest BCUT2D eigenvalue weighted by Crippen LogP contribution is -2.47. The molecule has 3 rings (SSSR count). The summed E-state index contributed by atoms with van der Waals surface area (Å²) < 4.78 is 27.4. The Hall–Kier alpha value is -1.75. The van der Waals surface area contributed by atoms with Crippen LogP contribution in [0.15, 0.2) is 23.1 Å². The lowest BCUT2D eigenvalue weighted by atomic mass is 10.2. The molecule has 0 unspecified atom stereocenters. The van der Waals surface area contributed by atoms with Crippen molar-refractivity contribution >= 4 is 21.4 Å². The van der Waals surface area contributed by atoms with Gasteiger partial charge >= 0.3 is 0 Å². The SMILES string of the molecule is CCN1CCN(CCNc2ccc([N+](=O)[O-])cc2S(=O)(=O)N2CCCC2)CC1. The van der Waals surface area contributed by atoms with Crippen LogP contribution < -0.4 is 5.32 Å². The zero-order valence-electron chi connectivity index (χ0n) is 16.3. The minimum Gasteiger partial charge on any atom is -0.383 e. The van der Waals surface area contributed by atoms with E-state index in [2.05, 4.69) is 22.0 Å². The molecule has 0 bridgehead atoms. The molecule has 9 nitrogen and oxygen atoms in total. The van der Waals surface area contributed by atoms with Gasteiger partial charge in [-0.05, 0) is 25.5 Å². The molecule has 156 valence electrons. The Kier molecular flexibility index (Phi) is 6.86. The van der Waals surface area contributed by atoms with Gasteiger partial charge in [0.05, 0.1) is 10.6 Å². The fourth-order valence-electron chi connectivity index (χ4n) is 3.73. The molecule has 10 heteroatoms. The summed E-state index contributed by atoms with van der Waals surface area (Å²) in [7, 11) is -3.75. The van der Waals surface area contributed by atoms with Gasteiger partial charge in [0, 0.05) is 64.5 Å². The molecule has 2 aliphatic heterocycles. The fourth-order valence-corrected chi connectivity index (χ4v) is 5.43. The molecule has 0 aliphatic carbocycles. The highest BCUT2D eigenvalue weighted by Gasteiger charge is 2.31. The first-order chi connectivity index (χ1) is 13.4. The lowest BCUT2D eigenvalue weighted by molar-refractivity contribution is -0.385. The molecule has 0 saturated carbocycles. The Bertz CT molecular complexity index is 787. The van der Waals surface area contributed by atoms with Gasteiger partial charge in [0.25, 0.3) is 5.69 Å². The molecule has 0 atom stereocenters. The number of likely N-dealkylation sites (N-methyl/N-ethyl adjacent to an activating group) is 1. The number of benzene rings is 1. The molecule has 1 aromatic rings. The maximum absolute atomic E-state index is 13.0. The standard InChI is InChI=1S/C18H29N5O4S/c1-2-20-11-13-21(14-12-20)10-7-19-17-6-5-16(23(24)25)15-18(17)28(26,27)22-8-3-4-9-22/h5-6,15,19H,2-4,7-14H2,1H3. The van der Waals surface area contributed by atoms with E-state index in [0.29, 0.717) is 25.3 Å². The maximum atomic E-state index is 13.0. The Morgan fingerprint density at radius 3 is 2.32 bits per heavy atom. The molecule has 0 amide bonds. The molecule has 2 aliphatic rings. The van der Waals surface area contributed by atoms with Crippen molar-refractivity contribution < 1.29 is 13.3 Å². The van der Waals surface area contributed by atoms with Crippen LogP contribution in [0.2, 0.25) is 0 Å². The average molecular weight is 412 g/mol. The molecule has 28 heavy (non-hydrogen) atoms. The lowest BCUT2D eigenvalue weighted by Gasteiger charge is -2.34. The van der Waals surface area contributed by atoms with Crippen molar-refractivity contribution in [3.8, 4) is 0 Å². The van der Waals surface area contributed by atoms with Crippen molar-refractivity contribution in [3.05, 3.63) is 28.3 Å². The van der Waals surface area contributed by atoms with Gasteiger partial charge in [0.1, 0.15) is 4.90 Å². The number of nitro benzene ring substituents is 1. The van der Waals surface area contributed by atoms with E-state index in [1.165, 1.54) is 22.5 Å². The summed E-state index contributed by atoms with van der Waals surface area (Å²) >= 11 is 0. The monoisotopic (exact) mass is 411 g/mol. The largest absolute Gasteiger partial charge is 0.383 e. The Balaban J connectivity index is 1.70. The molecular weight excluding hydrogens is 382 g/mol. The third kappa shape index (κ3) is 4.80. The normalized spacial score (nSPS) is 19.8. The highest BCUT2D eigenvalue weighted by atomic mass is 32.2. The zero-order valence-corrected chi connectivity index (χ0v) is 17.2. The second-order valence-electron chi connectivity index (χ2n) is 7.25. The highest BCUT2D eigenvalue weighted by Crippen LogP contribution is 2.30. The smallest absolute Gasteiger partial charge is 0.270 e. The molecule has 1 aromatic carbocycles. The summed E-state index contributed by atoms with van der Waals surface area (Å²) in [6.07, 6.45) is 1.64. The van der Waals surface area contributed by atoms with E-state index < -0.39 is 14.9 Å². The van der Waals surface area contributed by atoms with Crippen LogP contribution in [0, 0.1) is 10.1 Å². The summed E-state index contributed by atoms with van der Waals surface area (Å²) in [6, 6.07) is 4.04. The van der Waals surface area contributed by atoms with E-state index >= 15 is 0 Å². The van der Waals surface area contributed by atoms with E-state index in [0.717, 1.165) is 52.1 Å². The number of non-ortho nitro benzene ring substituents is 1. The quantitative estimate of drug-likeness (QED) is 0.510. The van der Waals surface area contributed by atoms with Crippen molar-refractivity contribution in [1.29, 1.82) is 0 Å². The van der Waals surface area contributed by atoms with Gasteiger partial charge in [-0.25, -0.2) is 8.42 Å². The van der Waals surface area contributed by atoms with E-state index in [1.54, 1.807) is 0 Å². The minimum atomic E-state index is -3.75. The predicted molar refractivity (Wildman–Crippen MR) is 108 cm³/mol. The van der Waals surface area contributed by atoms with Gasteiger partial charge in [-0.15, -0.1) is 0 Å². The molecule has 1 N–H and O–H groups in total. The number of anilines is 1. The molecule has 0 aromatic heterocycles. The van der Waals surface area contributed by atoms with Crippen LogP contribution in [-0.4, -0.2) is 86.3 Å². The van der Waals surface area contributed by atoms with E-state index in [1.807, 2.05) is 0 Å². The van der Waals surface area contributed by atoms with Gasteiger partial charge in [-0.1, -0.05) is 6.92 Å². The number of nitrogens with zero attached hydrogens (tertiary/aromatic N) is 4. The van der Waals surface area contributed by atoms with E-state index in [4.69, 9.17) is 0 Å². The molecule has 2 fully saturated rings. The number of nitro groups is 1. The summed E-state index contributed by atoms with van der Waals surface area (Å²) in [5.74, 6) is 0. The van der Waals surface area contributed by atoms with Crippen molar-refractivity contribution in [2.75, 3.05) is 64.2 Å². The maximum Gasteiger partial charge on any atom is 0.270 e. The third-order valence-corrected chi connectivity index (χ3v) is 7.45. The Labute approximate surface area is 166 Å². The molecule has 0 radical (unpaired) electrons. The molecule has 2 saturated heterocycles. The number of rotatable bonds is 8. The number of hydrogen-bond acceptors (Lipinski definition) is 7. The Morgan fingerprint density at radius 2 is 1.71 bits per heavy atom. The topological polar surface area (TPSA) is 99.0 Å². The zero-order chi connectivity index (χ0) is 20.1. The van der Waals surface area contributed by atoms with Gasteiger partial charge in [0.2, 0.25) is 10.0 Å². The number of nitrogens with one attached hydrogen (secondary N) is 1. The first-order valence-corrected chi connectivity index (χ1v) is 11.3. The van der Waals surface area contributed by atoms with Crippen molar-refractivity contribution in [3.63, 3.8) is 0 Å². The fraction of sp³-hybridized carbons (Fsp3) is 0.667. The summed E-state index contributed by atoms with van der Waals surface area (Å²) in [5.41, 5.74) is 0.226. The van der Waals surface area contributed by atoms with Crippen LogP contribution in [-0.2, 0) is 10.0 Å². The van der Waals surface area contributed by atoms with Gasteiger partial charge < -0.3 is 10.2 Å². The summed E-state index contributed by atoms with van der Waals surface area (Å²) in [4.78, 5) is 15.3. The average Bonchev–Trinajstić information content (AvgIpc) is 3.24. The van der Waals surface area contributed by atoms with Gasteiger partial charge in [-0.2, -0.15) is 4.31 Å². The predicted octanol–water partition coefficient (Wildman–Crippen LogP) is 1.43. The summed E-state index contributed by atoms with van der Waals surface area (Å²) in [6.45, 7) is 9.62. The van der Waals surface area contributed by atoms with Gasteiger partial charge in [-0.3, -0.25) is 15.0 Å². The number of hydrogen-bond donors (Lipinski definition) is 1. The second-order valence-corrected chi connectivity index (χ2v) is 9.16. The van der Waals surface area contributed by atoms with Crippen LogP contribution in [0.1, 0.15) is 19.8 Å². The van der Waals surface area contributed by atoms with Crippen molar-refractivity contribution in [1.82, 2.24) is 14.1 Å². The Morgan fingerprint density at radius 1 is 1.07 bits per heavy atom. The van der Waals surface area contributed by atoms with Crippen LogP contribution in [0.25, 0.3) is 0 Å². The molecular formula is C18H29N5O4S. The van der Waals surface area contributed by atoms with E-state index in [9.17, 15) is 18.5 Å². The molecule has 0 spiro atoms. The van der Waals surface area contributed by atoms with Crippen molar-refractivity contribution in [2.45, 2.75) is 24.7 Å². The van der Waals surface area contributed by atoms with Gasteiger partial charge in [0.15, 0.2) is 0 Å². The van der Waals surface area contributed by atoms with Crippen LogP contribution >= 0.6 is 0 Å². The number of piperazine rings is 1. The van der Waals surface area contributed by atoms with Crippen LogP contribution in [0.5, 0.6) is 0 Å². The highest BCUT2D eigenvalue weighted by molar-refractivity contribution is 7.89. The third-order valence-electron chi connectivity index (χ3n) is 5.51. The van der Waals surface area contributed by atoms with Crippen LogP contribution in [0.4, 0.5) is 11.4 Å². The second kappa shape index (κ2) is 9.17.